The Hall–Kier alpha value is -1.27. The molecule has 0 saturated carbocycles. The fourth-order valence-electron chi connectivity index (χ4n) is 1.41. The largest absolute Gasteiger partial charge is 0.362 e. The predicted octanol–water partition coefficient (Wildman–Crippen LogP) is 1.48. The van der Waals surface area contributed by atoms with Gasteiger partial charge >= 0.3 is 0 Å². The van der Waals surface area contributed by atoms with Crippen LogP contribution >= 0.6 is 15.9 Å². The van der Waals surface area contributed by atoms with Gasteiger partial charge in [-0.3, -0.25) is 9.59 Å². The van der Waals surface area contributed by atoms with Crippen LogP contribution in [0.4, 0.5) is 10.1 Å². The Bertz CT molecular complexity index is 447. The number of nitrogens with zero attached hydrogens (tertiary/aromatic N) is 1. The SMILES string of the molecule is O=C1COCC(=O)N1c1ccc(Br)c(F)c1. The van der Waals surface area contributed by atoms with Gasteiger partial charge in [-0.05, 0) is 34.1 Å². The third-order valence-corrected chi connectivity index (χ3v) is 2.75. The molecule has 1 aliphatic rings. The van der Waals surface area contributed by atoms with Gasteiger partial charge in [0.05, 0.1) is 10.2 Å². The van der Waals surface area contributed by atoms with E-state index in [1.165, 1.54) is 12.1 Å². The normalized spacial score (nSPS) is 16.8. The van der Waals surface area contributed by atoms with Gasteiger partial charge in [0.1, 0.15) is 19.0 Å². The lowest BCUT2D eigenvalue weighted by Gasteiger charge is -2.24. The van der Waals surface area contributed by atoms with Gasteiger partial charge in [-0.25, -0.2) is 9.29 Å². The topological polar surface area (TPSA) is 46.6 Å². The molecule has 6 heteroatoms. The van der Waals surface area contributed by atoms with Gasteiger partial charge in [0, 0.05) is 0 Å². The maximum atomic E-state index is 13.3. The highest BCUT2D eigenvalue weighted by Crippen LogP contribution is 2.23. The Kier molecular flexibility index (Phi) is 3.02. The molecule has 0 atom stereocenters. The molecule has 1 aromatic rings. The predicted molar refractivity (Wildman–Crippen MR) is 57.4 cm³/mol. The second-order valence-corrected chi connectivity index (χ2v) is 4.07. The van der Waals surface area contributed by atoms with E-state index in [0.29, 0.717) is 0 Å². The van der Waals surface area contributed by atoms with Crippen LogP contribution in [0.1, 0.15) is 0 Å². The van der Waals surface area contributed by atoms with Crippen LogP contribution in [0.15, 0.2) is 22.7 Å². The first-order valence-electron chi connectivity index (χ1n) is 4.48. The summed E-state index contributed by atoms with van der Waals surface area (Å²) >= 11 is 3.00. The van der Waals surface area contributed by atoms with Crippen LogP contribution in [-0.2, 0) is 14.3 Å². The minimum Gasteiger partial charge on any atom is -0.362 e. The molecule has 0 bridgehead atoms. The number of ether oxygens (including phenoxy) is 1. The number of morpholine rings is 1. The number of rotatable bonds is 1. The van der Waals surface area contributed by atoms with Crippen LogP contribution in [0.25, 0.3) is 0 Å². The molecule has 4 nitrogen and oxygen atoms in total. The molecule has 16 heavy (non-hydrogen) atoms. The van der Waals surface area contributed by atoms with Crippen molar-refractivity contribution in [3.63, 3.8) is 0 Å². The highest BCUT2D eigenvalue weighted by Gasteiger charge is 2.28. The lowest BCUT2D eigenvalue weighted by atomic mass is 10.2. The van der Waals surface area contributed by atoms with Crippen LogP contribution < -0.4 is 4.90 Å². The number of carbonyl (C=O) groups is 2. The summed E-state index contributed by atoms with van der Waals surface area (Å²) in [6.07, 6.45) is 0. The number of hydrogen-bond donors (Lipinski definition) is 0. The molecule has 1 fully saturated rings. The summed E-state index contributed by atoms with van der Waals surface area (Å²) in [6.45, 7) is -0.327. The van der Waals surface area contributed by atoms with Gasteiger partial charge in [0.2, 0.25) is 0 Å². The van der Waals surface area contributed by atoms with Gasteiger partial charge in [0.15, 0.2) is 0 Å². The van der Waals surface area contributed by atoms with Gasteiger partial charge < -0.3 is 4.74 Å². The quantitative estimate of drug-likeness (QED) is 0.735. The molecule has 84 valence electrons. The van der Waals surface area contributed by atoms with Crippen LogP contribution in [0.5, 0.6) is 0 Å². The summed E-state index contributed by atoms with van der Waals surface area (Å²) in [5.41, 5.74) is 0.221. The summed E-state index contributed by atoms with van der Waals surface area (Å²) < 4.78 is 18.3. The number of carbonyl (C=O) groups excluding carboxylic acids is 2. The summed E-state index contributed by atoms with van der Waals surface area (Å²) in [7, 11) is 0. The van der Waals surface area contributed by atoms with E-state index in [4.69, 9.17) is 4.74 Å². The summed E-state index contributed by atoms with van der Waals surface area (Å²) in [4.78, 5) is 23.8. The van der Waals surface area contributed by atoms with Gasteiger partial charge in [-0.15, -0.1) is 0 Å². The summed E-state index contributed by atoms with van der Waals surface area (Å²) in [5, 5.41) is 0. The van der Waals surface area contributed by atoms with Crippen molar-refractivity contribution in [1.29, 1.82) is 0 Å². The molecule has 1 aromatic carbocycles. The zero-order valence-electron chi connectivity index (χ0n) is 8.07. The van der Waals surface area contributed by atoms with Crippen molar-refractivity contribution in [2.45, 2.75) is 0 Å². The molecule has 1 aliphatic heterocycles. The highest BCUT2D eigenvalue weighted by molar-refractivity contribution is 9.10. The van der Waals surface area contributed by atoms with Crippen molar-refractivity contribution in [2.24, 2.45) is 0 Å². The zero-order valence-corrected chi connectivity index (χ0v) is 9.66. The molecular weight excluding hydrogens is 281 g/mol. The van der Waals surface area contributed by atoms with Crippen LogP contribution in [0.3, 0.4) is 0 Å². The number of imide groups is 1. The minimum atomic E-state index is -0.524. The molecule has 1 heterocycles. The number of halogens is 2. The summed E-state index contributed by atoms with van der Waals surface area (Å²) in [5.74, 6) is -1.50. The van der Waals surface area contributed by atoms with E-state index in [2.05, 4.69) is 15.9 Å². The first-order valence-corrected chi connectivity index (χ1v) is 5.27. The van der Waals surface area contributed by atoms with Crippen molar-refractivity contribution in [3.05, 3.63) is 28.5 Å². The highest BCUT2D eigenvalue weighted by atomic mass is 79.9. The van der Waals surface area contributed by atoms with E-state index in [-0.39, 0.29) is 23.4 Å². The fourth-order valence-corrected chi connectivity index (χ4v) is 1.65. The van der Waals surface area contributed by atoms with E-state index in [0.717, 1.165) is 11.0 Å². The Labute approximate surface area is 99.1 Å². The minimum absolute atomic E-state index is 0.163. The van der Waals surface area contributed by atoms with E-state index < -0.39 is 17.6 Å². The van der Waals surface area contributed by atoms with Gasteiger partial charge in [0.25, 0.3) is 11.8 Å². The fraction of sp³-hybridized carbons (Fsp3) is 0.200. The summed E-state index contributed by atoms with van der Waals surface area (Å²) in [6, 6.07) is 4.07. The first kappa shape index (κ1) is 11.2. The molecule has 2 rings (SSSR count). The van der Waals surface area contributed by atoms with E-state index in [1.54, 1.807) is 0 Å². The van der Waals surface area contributed by atoms with Gasteiger partial charge in [-0.2, -0.15) is 0 Å². The third-order valence-electron chi connectivity index (χ3n) is 2.11. The lowest BCUT2D eigenvalue weighted by molar-refractivity contribution is -0.138. The average molecular weight is 288 g/mol. The Balaban J connectivity index is 2.38. The van der Waals surface area contributed by atoms with Crippen LogP contribution in [0, 0.1) is 5.82 Å². The molecule has 0 aromatic heterocycles. The second-order valence-electron chi connectivity index (χ2n) is 3.21. The molecule has 0 aliphatic carbocycles. The van der Waals surface area contributed by atoms with Crippen molar-refractivity contribution >= 4 is 33.4 Å². The molecule has 2 amide bonds. The van der Waals surface area contributed by atoms with Crippen molar-refractivity contribution in [1.82, 2.24) is 0 Å². The maximum absolute atomic E-state index is 13.3. The third kappa shape index (κ3) is 1.98. The molecule has 1 saturated heterocycles. The van der Waals surface area contributed by atoms with E-state index in [9.17, 15) is 14.0 Å². The number of benzene rings is 1. The van der Waals surface area contributed by atoms with E-state index >= 15 is 0 Å². The number of amides is 2. The lowest BCUT2D eigenvalue weighted by Crippen LogP contribution is -2.46. The van der Waals surface area contributed by atoms with Crippen molar-refractivity contribution in [3.8, 4) is 0 Å². The van der Waals surface area contributed by atoms with Gasteiger partial charge in [-0.1, -0.05) is 0 Å². The van der Waals surface area contributed by atoms with Crippen LogP contribution in [0.2, 0.25) is 0 Å². The Morgan fingerprint density at radius 1 is 1.25 bits per heavy atom. The second kappa shape index (κ2) is 4.31. The number of hydrogen-bond acceptors (Lipinski definition) is 3. The number of anilines is 1. The molecule has 0 spiro atoms. The molecule has 0 radical (unpaired) electrons. The first-order chi connectivity index (χ1) is 7.59. The smallest absolute Gasteiger partial charge is 0.259 e. The molecular formula is C10H7BrFNO3. The zero-order chi connectivity index (χ0) is 11.7. The maximum Gasteiger partial charge on any atom is 0.259 e. The average Bonchev–Trinajstić information content (AvgIpc) is 2.23. The van der Waals surface area contributed by atoms with Crippen molar-refractivity contribution < 1.29 is 18.7 Å². The monoisotopic (exact) mass is 287 g/mol. The van der Waals surface area contributed by atoms with Crippen LogP contribution in [-0.4, -0.2) is 25.0 Å². The Morgan fingerprint density at radius 2 is 1.88 bits per heavy atom. The standard InChI is InChI=1S/C10H7BrFNO3/c11-7-2-1-6(3-8(7)12)13-9(14)4-16-5-10(13)15/h1-3H,4-5H2. The molecule has 0 unspecified atom stereocenters. The van der Waals surface area contributed by atoms with Crippen molar-refractivity contribution in [2.75, 3.05) is 18.1 Å². The molecule has 0 N–H and O–H groups in total. The Morgan fingerprint density at radius 3 is 2.44 bits per heavy atom. The van der Waals surface area contributed by atoms with E-state index in [1.807, 2.05) is 0 Å².